The van der Waals surface area contributed by atoms with Gasteiger partial charge in [-0.25, -0.2) is 4.98 Å². The van der Waals surface area contributed by atoms with Gasteiger partial charge in [0.1, 0.15) is 12.0 Å². The van der Waals surface area contributed by atoms with Gasteiger partial charge in [-0.2, -0.15) is 0 Å². The third-order valence-electron chi connectivity index (χ3n) is 2.20. The molecule has 0 aliphatic rings. The maximum atomic E-state index is 11.3. The zero-order valence-corrected chi connectivity index (χ0v) is 12.1. The van der Waals surface area contributed by atoms with E-state index in [1.807, 2.05) is 0 Å². The van der Waals surface area contributed by atoms with Crippen molar-refractivity contribution in [2.24, 2.45) is 0 Å². The SMILES string of the molecule is CCOC(=O)CC(C)Nc1ncc([N+](=O)[O-])cc1Br. The number of halogens is 1. The lowest BCUT2D eigenvalue weighted by atomic mass is 10.2. The predicted octanol–water partition coefficient (Wildman–Crippen LogP) is 2.51. The van der Waals surface area contributed by atoms with Crippen LogP contribution in [0.2, 0.25) is 0 Å². The number of esters is 1. The quantitative estimate of drug-likeness (QED) is 0.489. The second-order valence-corrected chi connectivity index (χ2v) is 4.69. The van der Waals surface area contributed by atoms with Crippen LogP contribution in [0.3, 0.4) is 0 Å². The summed E-state index contributed by atoms with van der Waals surface area (Å²) in [5.41, 5.74) is -0.101. The van der Waals surface area contributed by atoms with Gasteiger partial charge in [-0.05, 0) is 29.8 Å². The van der Waals surface area contributed by atoms with Crippen LogP contribution in [-0.2, 0) is 9.53 Å². The number of rotatable bonds is 6. The van der Waals surface area contributed by atoms with Gasteiger partial charge >= 0.3 is 5.97 Å². The van der Waals surface area contributed by atoms with E-state index >= 15 is 0 Å². The van der Waals surface area contributed by atoms with Crippen molar-refractivity contribution < 1.29 is 14.5 Å². The molecule has 0 saturated heterocycles. The molecule has 0 fully saturated rings. The average Bonchev–Trinajstić information content (AvgIpc) is 2.31. The lowest BCUT2D eigenvalue weighted by molar-refractivity contribution is -0.385. The summed E-state index contributed by atoms with van der Waals surface area (Å²) in [5, 5.41) is 13.6. The average molecular weight is 332 g/mol. The van der Waals surface area contributed by atoms with Gasteiger partial charge in [0, 0.05) is 12.1 Å². The Labute approximate surface area is 118 Å². The van der Waals surface area contributed by atoms with Crippen molar-refractivity contribution in [3.05, 3.63) is 26.9 Å². The molecule has 1 heterocycles. The number of carbonyl (C=O) groups excluding carboxylic acids is 1. The van der Waals surface area contributed by atoms with E-state index in [9.17, 15) is 14.9 Å². The molecule has 0 aromatic carbocycles. The molecule has 0 amide bonds. The molecule has 0 saturated carbocycles. The zero-order chi connectivity index (χ0) is 14.4. The largest absolute Gasteiger partial charge is 0.466 e. The van der Waals surface area contributed by atoms with Crippen molar-refractivity contribution in [2.75, 3.05) is 11.9 Å². The van der Waals surface area contributed by atoms with E-state index in [1.54, 1.807) is 13.8 Å². The molecule has 1 aromatic rings. The molecule has 8 heteroatoms. The molecule has 1 N–H and O–H groups in total. The van der Waals surface area contributed by atoms with Gasteiger partial charge in [-0.15, -0.1) is 0 Å². The first kappa shape index (κ1) is 15.4. The highest BCUT2D eigenvalue weighted by Gasteiger charge is 2.14. The van der Waals surface area contributed by atoms with Gasteiger partial charge in [-0.1, -0.05) is 0 Å². The number of hydrogen-bond donors (Lipinski definition) is 1. The summed E-state index contributed by atoms with van der Waals surface area (Å²) in [5.74, 6) is 0.142. The lowest BCUT2D eigenvalue weighted by Gasteiger charge is -2.14. The van der Waals surface area contributed by atoms with E-state index in [4.69, 9.17) is 4.74 Å². The van der Waals surface area contributed by atoms with Crippen LogP contribution in [0.15, 0.2) is 16.7 Å². The van der Waals surface area contributed by atoms with Crippen molar-refractivity contribution >= 4 is 33.4 Å². The summed E-state index contributed by atoms with van der Waals surface area (Å²) in [6.45, 7) is 3.88. The minimum Gasteiger partial charge on any atom is -0.466 e. The molecule has 0 spiro atoms. The van der Waals surface area contributed by atoms with Gasteiger partial charge in [-0.3, -0.25) is 14.9 Å². The molecule has 0 radical (unpaired) electrons. The van der Waals surface area contributed by atoms with Gasteiger partial charge in [0.15, 0.2) is 0 Å². The highest BCUT2D eigenvalue weighted by atomic mass is 79.9. The summed E-state index contributed by atoms with van der Waals surface area (Å²) in [6, 6.07) is 1.16. The van der Waals surface area contributed by atoms with Crippen LogP contribution in [0.4, 0.5) is 11.5 Å². The zero-order valence-electron chi connectivity index (χ0n) is 10.6. The Morgan fingerprint density at radius 2 is 2.37 bits per heavy atom. The Balaban J connectivity index is 2.66. The minimum atomic E-state index is -0.524. The fourth-order valence-corrected chi connectivity index (χ4v) is 1.84. The Morgan fingerprint density at radius 3 is 2.89 bits per heavy atom. The predicted molar refractivity (Wildman–Crippen MR) is 72.9 cm³/mol. The number of ether oxygens (including phenoxy) is 1. The summed E-state index contributed by atoms with van der Waals surface area (Å²) < 4.78 is 5.30. The van der Waals surface area contributed by atoms with Crippen LogP contribution < -0.4 is 5.32 Å². The fraction of sp³-hybridized carbons (Fsp3) is 0.455. The molecule has 7 nitrogen and oxygen atoms in total. The maximum absolute atomic E-state index is 11.3. The molecular formula is C11H14BrN3O4. The van der Waals surface area contributed by atoms with Crippen LogP contribution in [-0.4, -0.2) is 28.5 Å². The summed E-state index contributed by atoms with van der Waals surface area (Å²) in [7, 11) is 0. The molecule has 1 rings (SSSR count). The molecule has 0 bridgehead atoms. The fourth-order valence-electron chi connectivity index (χ4n) is 1.39. The minimum absolute atomic E-state index is 0.101. The maximum Gasteiger partial charge on any atom is 0.307 e. The highest BCUT2D eigenvalue weighted by molar-refractivity contribution is 9.10. The number of carbonyl (C=O) groups is 1. The van der Waals surface area contributed by atoms with E-state index in [2.05, 4.69) is 26.2 Å². The summed E-state index contributed by atoms with van der Waals surface area (Å²) in [6.07, 6.45) is 1.35. The van der Waals surface area contributed by atoms with Crippen molar-refractivity contribution in [1.82, 2.24) is 4.98 Å². The highest BCUT2D eigenvalue weighted by Crippen LogP contribution is 2.25. The molecule has 104 valence electrons. The molecular weight excluding hydrogens is 318 g/mol. The number of anilines is 1. The van der Waals surface area contributed by atoms with Gasteiger partial charge < -0.3 is 10.1 Å². The third kappa shape index (κ3) is 4.82. The van der Waals surface area contributed by atoms with E-state index in [-0.39, 0.29) is 24.1 Å². The number of pyridine rings is 1. The summed E-state index contributed by atoms with van der Waals surface area (Å²) in [4.78, 5) is 25.3. The van der Waals surface area contributed by atoms with Gasteiger partial charge in [0.05, 0.1) is 22.4 Å². The van der Waals surface area contributed by atoms with Crippen LogP contribution >= 0.6 is 15.9 Å². The lowest BCUT2D eigenvalue weighted by Crippen LogP contribution is -2.21. The first-order valence-corrected chi connectivity index (χ1v) is 6.45. The normalized spacial score (nSPS) is 11.7. The van der Waals surface area contributed by atoms with E-state index in [1.165, 1.54) is 6.07 Å². The first-order valence-electron chi connectivity index (χ1n) is 5.66. The number of aromatic nitrogens is 1. The number of nitro groups is 1. The molecule has 19 heavy (non-hydrogen) atoms. The van der Waals surface area contributed by atoms with Crippen molar-refractivity contribution in [2.45, 2.75) is 26.3 Å². The second-order valence-electron chi connectivity index (χ2n) is 3.84. The van der Waals surface area contributed by atoms with Crippen molar-refractivity contribution in [3.63, 3.8) is 0 Å². The Kier molecular flexibility index (Phi) is 5.68. The molecule has 1 aromatic heterocycles. The topological polar surface area (TPSA) is 94.4 Å². The Bertz CT molecular complexity index is 481. The van der Waals surface area contributed by atoms with E-state index in [0.29, 0.717) is 16.9 Å². The van der Waals surface area contributed by atoms with Crippen molar-refractivity contribution in [1.29, 1.82) is 0 Å². The number of nitrogens with one attached hydrogen (secondary N) is 1. The molecule has 0 aliphatic carbocycles. The Morgan fingerprint density at radius 1 is 1.68 bits per heavy atom. The molecule has 1 atom stereocenters. The van der Waals surface area contributed by atoms with Crippen LogP contribution in [0.25, 0.3) is 0 Å². The van der Waals surface area contributed by atoms with Gasteiger partial charge in [0.2, 0.25) is 0 Å². The van der Waals surface area contributed by atoms with Crippen LogP contribution in [0, 0.1) is 10.1 Å². The number of nitrogens with zero attached hydrogens (tertiary/aromatic N) is 2. The van der Waals surface area contributed by atoms with Gasteiger partial charge in [0.25, 0.3) is 5.69 Å². The molecule has 0 aliphatic heterocycles. The number of hydrogen-bond acceptors (Lipinski definition) is 6. The third-order valence-corrected chi connectivity index (χ3v) is 2.80. The second kappa shape index (κ2) is 7.03. The molecule has 1 unspecified atom stereocenters. The van der Waals surface area contributed by atoms with Crippen LogP contribution in [0.5, 0.6) is 0 Å². The van der Waals surface area contributed by atoms with Crippen molar-refractivity contribution in [3.8, 4) is 0 Å². The summed E-state index contributed by atoms with van der Waals surface area (Å²) >= 11 is 3.20. The Hall–Kier alpha value is -1.70. The van der Waals surface area contributed by atoms with Crippen LogP contribution in [0.1, 0.15) is 20.3 Å². The standard InChI is InChI=1S/C11H14BrN3O4/c1-3-19-10(16)4-7(2)14-11-9(12)5-8(6-13-11)15(17)18/h5-7H,3-4H2,1-2H3,(H,13,14). The van der Waals surface area contributed by atoms with E-state index < -0.39 is 4.92 Å². The smallest absolute Gasteiger partial charge is 0.307 e. The first-order chi connectivity index (χ1) is 8.93. The monoisotopic (exact) mass is 331 g/mol. The van der Waals surface area contributed by atoms with E-state index in [0.717, 1.165) is 6.20 Å².